The Hall–Kier alpha value is -2.15. The number of methoxy groups -OCH3 is 1. The van der Waals surface area contributed by atoms with Gasteiger partial charge in [-0.3, -0.25) is 19.4 Å². The molecule has 2 aliphatic heterocycles. The molecule has 1 unspecified atom stereocenters. The fourth-order valence-corrected chi connectivity index (χ4v) is 3.96. The largest absolute Gasteiger partial charge is 0.495 e. The van der Waals surface area contributed by atoms with E-state index in [-0.39, 0.29) is 23.5 Å². The van der Waals surface area contributed by atoms with Gasteiger partial charge in [-0.1, -0.05) is 20.8 Å². The van der Waals surface area contributed by atoms with Crippen molar-refractivity contribution in [3.8, 4) is 5.75 Å². The van der Waals surface area contributed by atoms with Crippen molar-refractivity contribution in [2.75, 3.05) is 51.3 Å². The van der Waals surface area contributed by atoms with Crippen LogP contribution in [0.5, 0.6) is 5.75 Å². The third kappa shape index (κ3) is 3.85. The molecule has 1 atom stereocenters. The van der Waals surface area contributed by atoms with E-state index in [0.717, 1.165) is 44.8 Å². The molecule has 6 nitrogen and oxygen atoms in total. The zero-order chi connectivity index (χ0) is 20.5. The maximum Gasteiger partial charge on any atom is 0.235 e. The Labute approximate surface area is 166 Å². The van der Waals surface area contributed by atoms with E-state index in [1.54, 1.807) is 13.2 Å². The molecule has 2 saturated heterocycles. The number of nitrogens with zero attached hydrogens (tertiary/aromatic N) is 3. The number of rotatable bonds is 6. The van der Waals surface area contributed by atoms with Gasteiger partial charge in [-0.15, -0.1) is 0 Å². The maximum absolute atomic E-state index is 13.6. The summed E-state index contributed by atoms with van der Waals surface area (Å²) < 4.78 is 19.0. The number of carbonyl (C=O) groups is 2. The number of piperazine rings is 1. The predicted molar refractivity (Wildman–Crippen MR) is 106 cm³/mol. The Balaban J connectivity index is 1.49. The van der Waals surface area contributed by atoms with Crippen molar-refractivity contribution in [2.45, 2.75) is 27.2 Å². The first kappa shape index (κ1) is 20.6. The Morgan fingerprint density at radius 1 is 1.14 bits per heavy atom. The minimum Gasteiger partial charge on any atom is -0.495 e. The Kier molecular flexibility index (Phi) is 5.93. The Bertz CT molecular complexity index is 744. The van der Waals surface area contributed by atoms with Crippen molar-refractivity contribution in [1.82, 2.24) is 9.80 Å². The third-order valence-electron chi connectivity index (χ3n) is 6.23. The lowest BCUT2D eigenvalue weighted by atomic mass is 9.82. The summed E-state index contributed by atoms with van der Waals surface area (Å²) in [6.45, 7) is 10.1. The minimum atomic E-state index is -0.604. The summed E-state index contributed by atoms with van der Waals surface area (Å²) in [5, 5.41) is 0. The highest BCUT2D eigenvalue weighted by Crippen LogP contribution is 2.37. The molecule has 0 aliphatic carbocycles. The van der Waals surface area contributed by atoms with E-state index in [9.17, 15) is 14.0 Å². The van der Waals surface area contributed by atoms with Crippen LogP contribution in [0.15, 0.2) is 18.2 Å². The monoisotopic (exact) mass is 391 g/mol. The van der Waals surface area contributed by atoms with Gasteiger partial charge in [0.2, 0.25) is 11.8 Å². The van der Waals surface area contributed by atoms with Crippen LogP contribution in [0.3, 0.4) is 0 Å². The van der Waals surface area contributed by atoms with E-state index in [4.69, 9.17) is 4.74 Å². The molecule has 0 spiro atoms. The molecular formula is C21H30FN3O3. The molecule has 0 saturated carbocycles. The molecule has 7 heteroatoms. The maximum atomic E-state index is 13.6. The number of hydrogen-bond donors (Lipinski definition) is 0. The van der Waals surface area contributed by atoms with Crippen LogP contribution < -0.4 is 9.64 Å². The van der Waals surface area contributed by atoms with Crippen molar-refractivity contribution in [3.63, 3.8) is 0 Å². The second-order valence-corrected chi connectivity index (χ2v) is 8.24. The first-order valence-electron chi connectivity index (χ1n) is 9.92. The number of hydrogen-bond acceptors (Lipinski definition) is 5. The molecule has 0 radical (unpaired) electrons. The fraction of sp³-hybridized carbons (Fsp3) is 0.619. The van der Waals surface area contributed by atoms with Gasteiger partial charge in [0.15, 0.2) is 0 Å². The second-order valence-electron chi connectivity index (χ2n) is 8.24. The molecule has 2 heterocycles. The summed E-state index contributed by atoms with van der Waals surface area (Å²) in [5.41, 5.74) is 0.179. The lowest BCUT2D eigenvalue weighted by Gasteiger charge is -2.36. The summed E-state index contributed by atoms with van der Waals surface area (Å²) in [7, 11) is 1.59. The van der Waals surface area contributed by atoms with Gasteiger partial charge in [-0.05, 0) is 25.1 Å². The van der Waals surface area contributed by atoms with Crippen LogP contribution in [0.2, 0.25) is 0 Å². The Morgan fingerprint density at radius 2 is 1.82 bits per heavy atom. The lowest BCUT2D eigenvalue weighted by molar-refractivity contribution is -0.141. The number of benzene rings is 1. The summed E-state index contributed by atoms with van der Waals surface area (Å²) in [6, 6.07) is 4.58. The highest BCUT2D eigenvalue weighted by Gasteiger charge is 2.50. The summed E-state index contributed by atoms with van der Waals surface area (Å²) in [5.74, 6) is 0.0313. The first-order valence-corrected chi connectivity index (χ1v) is 9.92. The average Bonchev–Trinajstić information content (AvgIpc) is 2.83. The molecule has 0 bridgehead atoms. The van der Waals surface area contributed by atoms with E-state index in [2.05, 4.69) is 9.80 Å². The highest BCUT2D eigenvalue weighted by molar-refractivity contribution is 6.06. The quantitative estimate of drug-likeness (QED) is 0.697. The van der Waals surface area contributed by atoms with Crippen LogP contribution in [0.1, 0.15) is 27.2 Å². The van der Waals surface area contributed by atoms with Crippen LogP contribution in [0.25, 0.3) is 0 Å². The van der Waals surface area contributed by atoms with Gasteiger partial charge < -0.3 is 9.64 Å². The van der Waals surface area contributed by atoms with Gasteiger partial charge in [-0.25, -0.2) is 4.39 Å². The van der Waals surface area contributed by atoms with Crippen molar-refractivity contribution in [1.29, 1.82) is 0 Å². The van der Waals surface area contributed by atoms with E-state index < -0.39 is 5.41 Å². The number of halogens is 1. The average molecular weight is 391 g/mol. The molecule has 2 aliphatic rings. The summed E-state index contributed by atoms with van der Waals surface area (Å²) >= 11 is 0. The van der Waals surface area contributed by atoms with Crippen molar-refractivity contribution >= 4 is 17.5 Å². The molecule has 154 valence electrons. The van der Waals surface area contributed by atoms with Crippen molar-refractivity contribution < 1.29 is 18.7 Å². The van der Waals surface area contributed by atoms with Gasteiger partial charge in [0.25, 0.3) is 0 Å². The molecular weight excluding hydrogens is 361 g/mol. The number of carbonyl (C=O) groups excluding carboxylic acids is 2. The molecule has 3 rings (SSSR count). The third-order valence-corrected chi connectivity index (χ3v) is 6.23. The molecule has 0 N–H and O–H groups in total. The van der Waals surface area contributed by atoms with Crippen LogP contribution in [0.4, 0.5) is 10.1 Å². The fourth-order valence-electron chi connectivity index (χ4n) is 3.96. The summed E-state index contributed by atoms with van der Waals surface area (Å²) in [6.07, 6.45) is 0.767. The van der Waals surface area contributed by atoms with Gasteiger partial charge in [0.1, 0.15) is 11.6 Å². The lowest BCUT2D eigenvalue weighted by Crippen LogP contribution is -2.47. The molecule has 28 heavy (non-hydrogen) atoms. The van der Waals surface area contributed by atoms with E-state index >= 15 is 0 Å². The Morgan fingerprint density at radius 3 is 2.39 bits per heavy atom. The minimum absolute atomic E-state index is 0.0574. The van der Waals surface area contributed by atoms with Crippen LogP contribution in [-0.4, -0.2) is 68.0 Å². The standard InChI is InChI=1S/C21H30FN3O3/c1-15-19(26)25(20(27)21(15,2)3)9-5-8-23-10-12-24(13-11-23)17-14-16(22)6-7-18(17)28-4/h6-7,14-15H,5,8-13H2,1-4H3. The van der Waals surface area contributed by atoms with Gasteiger partial charge >= 0.3 is 0 Å². The van der Waals surface area contributed by atoms with E-state index in [0.29, 0.717) is 12.3 Å². The topological polar surface area (TPSA) is 53.1 Å². The number of imide groups is 1. The molecule has 2 fully saturated rings. The molecule has 1 aromatic rings. The molecule has 0 aromatic heterocycles. The van der Waals surface area contributed by atoms with Crippen molar-refractivity contribution in [3.05, 3.63) is 24.0 Å². The van der Waals surface area contributed by atoms with Gasteiger partial charge in [-0.2, -0.15) is 0 Å². The van der Waals surface area contributed by atoms with Crippen LogP contribution >= 0.6 is 0 Å². The van der Waals surface area contributed by atoms with Gasteiger partial charge in [0.05, 0.1) is 18.2 Å². The van der Waals surface area contributed by atoms with E-state index in [1.807, 2.05) is 20.8 Å². The number of ether oxygens (including phenoxy) is 1. The molecule has 1 aromatic carbocycles. The highest BCUT2D eigenvalue weighted by atomic mass is 19.1. The summed E-state index contributed by atoms with van der Waals surface area (Å²) in [4.78, 5) is 30.7. The van der Waals surface area contributed by atoms with Crippen LogP contribution in [0, 0.1) is 17.2 Å². The van der Waals surface area contributed by atoms with E-state index in [1.165, 1.54) is 17.0 Å². The number of likely N-dealkylation sites (tertiary alicyclic amines) is 1. The SMILES string of the molecule is COc1ccc(F)cc1N1CCN(CCCN2C(=O)C(C)C(C)(C)C2=O)CC1. The zero-order valence-electron chi connectivity index (χ0n) is 17.2. The normalized spacial score (nSPS) is 22.8. The van der Waals surface area contributed by atoms with Crippen molar-refractivity contribution in [2.24, 2.45) is 11.3 Å². The number of amides is 2. The number of anilines is 1. The second kappa shape index (κ2) is 8.07. The zero-order valence-corrected chi connectivity index (χ0v) is 17.2. The van der Waals surface area contributed by atoms with Crippen LogP contribution in [-0.2, 0) is 9.59 Å². The predicted octanol–water partition coefficient (Wildman–Crippen LogP) is 2.38. The first-order chi connectivity index (χ1) is 13.3. The van der Waals surface area contributed by atoms with Gasteiger partial charge in [0, 0.05) is 44.7 Å². The smallest absolute Gasteiger partial charge is 0.235 e. The molecule has 2 amide bonds.